The number of hydrogen-bond donors (Lipinski definition) is 1. The zero-order chi connectivity index (χ0) is 24.2. The fraction of sp³-hybridized carbons (Fsp3) is 0.409. The van der Waals surface area contributed by atoms with Crippen molar-refractivity contribution in [3.8, 4) is 11.5 Å². The van der Waals surface area contributed by atoms with Crippen molar-refractivity contribution >= 4 is 21.6 Å². The molecule has 3 rings (SSSR count). The number of nitrogens with one attached hydrogen (secondary N) is 1. The molecule has 11 heteroatoms. The van der Waals surface area contributed by atoms with Gasteiger partial charge in [0.2, 0.25) is 5.91 Å². The molecule has 1 saturated carbocycles. The molecule has 180 valence electrons. The van der Waals surface area contributed by atoms with Crippen LogP contribution < -0.4 is 19.1 Å². The number of sulfonamides is 1. The maximum absolute atomic E-state index is 13.5. The van der Waals surface area contributed by atoms with E-state index in [1.807, 2.05) is 0 Å². The average molecular weight is 487 g/mol. The fourth-order valence-corrected chi connectivity index (χ4v) is 5.16. The molecule has 0 heterocycles. The number of alkyl halides is 3. The van der Waals surface area contributed by atoms with Gasteiger partial charge in [-0.25, -0.2) is 8.42 Å². The van der Waals surface area contributed by atoms with Gasteiger partial charge >= 0.3 is 6.18 Å². The Kier molecular flexibility index (Phi) is 7.41. The van der Waals surface area contributed by atoms with Gasteiger partial charge in [-0.3, -0.25) is 9.10 Å². The first-order valence-corrected chi connectivity index (χ1v) is 11.7. The second-order valence-corrected chi connectivity index (χ2v) is 9.49. The molecule has 0 aromatic heterocycles. The van der Waals surface area contributed by atoms with E-state index >= 15 is 0 Å². The van der Waals surface area contributed by atoms with Crippen LogP contribution >= 0.6 is 0 Å². The van der Waals surface area contributed by atoms with Crippen molar-refractivity contribution in [2.24, 2.45) is 0 Å². The highest BCUT2D eigenvalue weighted by molar-refractivity contribution is 7.92. The molecule has 1 N–H and O–H groups in total. The Morgan fingerprint density at radius 1 is 1.06 bits per heavy atom. The zero-order valence-corrected chi connectivity index (χ0v) is 19.0. The summed E-state index contributed by atoms with van der Waals surface area (Å²) in [5, 5.41) is 2.78. The highest BCUT2D eigenvalue weighted by Gasteiger charge is 2.34. The van der Waals surface area contributed by atoms with Crippen molar-refractivity contribution < 1.29 is 35.9 Å². The molecule has 1 fully saturated rings. The van der Waals surface area contributed by atoms with E-state index in [0.29, 0.717) is 10.4 Å². The quantitative estimate of drug-likeness (QED) is 0.610. The van der Waals surface area contributed by atoms with Crippen LogP contribution in [0, 0.1) is 0 Å². The molecule has 1 aliphatic carbocycles. The van der Waals surface area contributed by atoms with Gasteiger partial charge in [0.05, 0.1) is 30.4 Å². The average Bonchev–Trinajstić information content (AvgIpc) is 3.29. The summed E-state index contributed by atoms with van der Waals surface area (Å²) in [6.45, 7) is -0.672. The zero-order valence-electron chi connectivity index (χ0n) is 18.2. The van der Waals surface area contributed by atoms with E-state index in [0.717, 1.165) is 37.8 Å². The normalized spacial score (nSPS) is 14.7. The molecular formula is C22H25F3N2O5S. The molecule has 0 aliphatic heterocycles. The van der Waals surface area contributed by atoms with E-state index in [1.54, 1.807) is 0 Å². The summed E-state index contributed by atoms with van der Waals surface area (Å²) in [6.07, 6.45) is -1.23. The molecule has 1 aliphatic rings. The number of amides is 1. The molecule has 0 radical (unpaired) electrons. The topological polar surface area (TPSA) is 84.9 Å². The van der Waals surface area contributed by atoms with Gasteiger partial charge < -0.3 is 14.8 Å². The summed E-state index contributed by atoms with van der Waals surface area (Å²) in [5.74, 6) is -0.192. The monoisotopic (exact) mass is 486 g/mol. The number of methoxy groups -OCH3 is 2. The van der Waals surface area contributed by atoms with E-state index in [2.05, 4.69) is 5.32 Å². The molecule has 2 aromatic carbocycles. The number of carbonyl (C=O) groups excluding carboxylic acids is 1. The Morgan fingerprint density at radius 2 is 1.73 bits per heavy atom. The predicted molar refractivity (Wildman–Crippen MR) is 116 cm³/mol. The largest absolute Gasteiger partial charge is 0.493 e. The summed E-state index contributed by atoms with van der Waals surface area (Å²) < 4.78 is 77.8. The van der Waals surface area contributed by atoms with E-state index in [4.69, 9.17) is 9.47 Å². The third-order valence-corrected chi connectivity index (χ3v) is 7.18. The Morgan fingerprint density at radius 3 is 2.33 bits per heavy atom. The van der Waals surface area contributed by atoms with Crippen LogP contribution in [0.25, 0.3) is 0 Å². The summed E-state index contributed by atoms with van der Waals surface area (Å²) in [7, 11) is -1.72. The first-order valence-electron chi connectivity index (χ1n) is 10.3. The van der Waals surface area contributed by atoms with E-state index in [-0.39, 0.29) is 28.1 Å². The molecule has 0 spiro atoms. The smallest absolute Gasteiger partial charge is 0.416 e. The number of benzene rings is 2. The number of rotatable bonds is 8. The van der Waals surface area contributed by atoms with E-state index in [9.17, 15) is 26.4 Å². The highest BCUT2D eigenvalue weighted by Crippen LogP contribution is 2.35. The number of nitrogens with zero attached hydrogens (tertiary/aromatic N) is 1. The van der Waals surface area contributed by atoms with E-state index in [1.165, 1.54) is 38.5 Å². The van der Waals surface area contributed by atoms with Crippen molar-refractivity contribution in [2.75, 3.05) is 25.1 Å². The Hall–Kier alpha value is -2.95. The molecule has 33 heavy (non-hydrogen) atoms. The SMILES string of the molecule is COc1ccc(S(=O)(=O)N(CC(=O)NC2CCCC2)c2cccc(C(F)(F)F)c2)cc1OC. The Labute approximate surface area is 190 Å². The first-order chi connectivity index (χ1) is 15.6. The van der Waals surface area contributed by atoms with Gasteiger partial charge in [0, 0.05) is 12.1 Å². The van der Waals surface area contributed by atoms with Crippen molar-refractivity contribution in [3.63, 3.8) is 0 Å². The lowest BCUT2D eigenvalue weighted by molar-refractivity contribution is -0.137. The number of hydrogen-bond acceptors (Lipinski definition) is 5. The number of halogens is 3. The van der Waals surface area contributed by atoms with Crippen LogP contribution in [0.5, 0.6) is 11.5 Å². The van der Waals surface area contributed by atoms with E-state index < -0.39 is 34.2 Å². The van der Waals surface area contributed by atoms with Crippen molar-refractivity contribution in [1.29, 1.82) is 0 Å². The van der Waals surface area contributed by atoms with Crippen LogP contribution in [0.2, 0.25) is 0 Å². The molecule has 2 aromatic rings. The predicted octanol–water partition coefficient (Wildman–Crippen LogP) is 3.98. The summed E-state index contributed by atoms with van der Waals surface area (Å²) in [6, 6.07) is 7.60. The Balaban J connectivity index is 2.03. The minimum Gasteiger partial charge on any atom is -0.493 e. The highest BCUT2D eigenvalue weighted by atomic mass is 32.2. The second-order valence-electron chi connectivity index (χ2n) is 7.63. The van der Waals surface area contributed by atoms with Gasteiger partial charge in [-0.1, -0.05) is 18.9 Å². The molecule has 7 nitrogen and oxygen atoms in total. The second kappa shape index (κ2) is 9.90. The van der Waals surface area contributed by atoms with Crippen LogP contribution in [0.4, 0.5) is 18.9 Å². The lowest BCUT2D eigenvalue weighted by atomic mass is 10.2. The molecular weight excluding hydrogens is 461 g/mol. The number of ether oxygens (including phenoxy) is 2. The maximum Gasteiger partial charge on any atom is 0.416 e. The van der Waals surface area contributed by atoms with Crippen LogP contribution in [-0.2, 0) is 21.0 Å². The van der Waals surface area contributed by atoms with Gasteiger partial charge in [0.15, 0.2) is 11.5 Å². The van der Waals surface area contributed by atoms with Gasteiger partial charge in [-0.2, -0.15) is 13.2 Å². The fourth-order valence-electron chi connectivity index (χ4n) is 3.73. The molecule has 0 bridgehead atoms. The summed E-state index contributed by atoms with van der Waals surface area (Å²) >= 11 is 0. The molecule has 0 atom stereocenters. The van der Waals surface area contributed by atoms with Gasteiger partial charge in [-0.15, -0.1) is 0 Å². The minimum atomic E-state index is -4.68. The van der Waals surface area contributed by atoms with Crippen molar-refractivity contribution in [1.82, 2.24) is 5.32 Å². The van der Waals surface area contributed by atoms with Gasteiger partial charge in [0.25, 0.3) is 10.0 Å². The molecule has 0 saturated heterocycles. The van der Waals surface area contributed by atoms with Crippen molar-refractivity contribution in [3.05, 3.63) is 48.0 Å². The third-order valence-electron chi connectivity index (χ3n) is 5.41. The van der Waals surface area contributed by atoms with Crippen LogP contribution in [0.3, 0.4) is 0 Å². The summed E-state index contributed by atoms with van der Waals surface area (Å²) in [4.78, 5) is 12.4. The van der Waals surface area contributed by atoms with Crippen LogP contribution in [0.15, 0.2) is 47.4 Å². The maximum atomic E-state index is 13.5. The van der Waals surface area contributed by atoms with Crippen LogP contribution in [-0.4, -0.2) is 41.1 Å². The minimum absolute atomic E-state index is 0.0790. The Bertz CT molecular complexity index is 1100. The van der Waals surface area contributed by atoms with Crippen molar-refractivity contribution in [2.45, 2.75) is 42.8 Å². The summed E-state index contributed by atoms with van der Waals surface area (Å²) in [5.41, 5.74) is -1.30. The van der Waals surface area contributed by atoms with Gasteiger partial charge in [-0.05, 0) is 43.2 Å². The molecule has 0 unspecified atom stereocenters. The lowest BCUT2D eigenvalue weighted by Gasteiger charge is -2.26. The lowest BCUT2D eigenvalue weighted by Crippen LogP contribution is -2.43. The first kappa shape index (κ1) is 24.7. The molecule has 1 amide bonds. The third kappa shape index (κ3) is 5.70. The van der Waals surface area contributed by atoms with Gasteiger partial charge in [0.1, 0.15) is 6.54 Å². The van der Waals surface area contributed by atoms with Crippen LogP contribution in [0.1, 0.15) is 31.2 Å². The number of anilines is 1. The standard InChI is InChI=1S/C22H25F3N2O5S/c1-31-19-11-10-18(13-20(19)32-2)33(29,30)27(14-21(28)26-16-7-3-4-8-16)17-9-5-6-15(12-17)22(23,24)25/h5-6,9-13,16H,3-4,7-8,14H2,1-2H3,(H,26,28). The number of carbonyl (C=O) groups is 1.